The molecule has 0 saturated heterocycles. The molecule has 2 aromatic carbocycles. The smallest absolute Gasteiger partial charge is 0.354 e. The van der Waals surface area contributed by atoms with E-state index in [-0.39, 0.29) is 5.69 Å². The number of nitrogens with zero attached hydrogens (tertiary/aromatic N) is 2. The van der Waals surface area contributed by atoms with Crippen LogP contribution in [0.3, 0.4) is 0 Å². The summed E-state index contributed by atoms with van der Waals surface area (Å²) in [5, 5.41) is 15.1. The topological polar surface area (TPSA) is 90.4 Å². The SMILES string of the molecule is COc1cc2c(cc1-c1ccc(Cl)cc1)-c1nn(CCCN)c(C(=O)O)c1CC2. The fourth-order valence-corrected chi connectivity index (χ4v) is 4.05. The molecule has 150 valence electrons. The van der Waals surface area contributed by atoms with Crippen LogP contribution in [-0.2, 0) is 19.4 Å². The van der Waals surface area contributed by atoms with Gasteiger partial charge in [0.25, 0.3) is 0 Å². The Morgan fingerprint density at radius 1 is 1.24 bits per heavy atom. The summed E-state index contributed by atoms with van der Waals surface area (Å²) in [6, 6.07) is 11.6. The minimum absolute atomic E-state index is 0.267. The molecule has 0 radical (unpaired) electrons. The third kappa shape index (κ3) is 3.50. The zero-order chi connectivity index (χ0) is 20.5. The highest BCUT2D eigenvalue weighted by atomic mass is 35.5. The maximum Gasteiger partial charge on any atom is 0.354 e. The number of halogens is 1. The van der Waals surface area contributed by atoms with Crippen molar-refractivity contribution >= 4 is 17.6 Å². The Balaban J connectivity index is 1.89. The van der Waals surface area contributed by atoms with E-state index in [4.69, 9.17) is 22.1 Å². The first-order valence-corrected chi connectivity index (χ1v) is 9.91. The minimum Gasteiger partial charge on any atom is -0.496 e. The number of aryl methyl sites for hydroxylation is 2. The summed E-state index contributed by atoms with van der Waals surface area (Å²) in [4.78, 5) is 11.9. The number of fused-ring (bicyclic) bond motifs is 3. The van der Waals surface area contributed by atoms with E-state index in [0.29, 0.717) is 31.0 Å². The van der Waals surface area contributed by atoms with Gasteiger partial charge in [-0.15, -0.1) is 0 Å². The molecule has 6 nitrogen and oxygen atoms in total. The lowest BCUT2D eigenvalue weighted by molar-refractivity contribution is 0.0681. The number of hydrogen-bond acceptors (Lipinski definition) is 4. The zero-order valence-corrected chi connectivity index (χ0v) is 16.9. The van der Waals surface area contributed by atoms with Crippen molar-refractivity contribution in [3.8, 4) is 28.1 Å². The van der Waals surface area contributed by atoms with Crippen molar-refractivity contribution < 1.29 is 14.6 Å². The molecule has 1 aliphatic rings. The third-order valence-corrected chi connectivity index (χ3v) is 5.56. The lowest BCUT2D eigenvalue weighted by Crippen LogP contribution is -2.14. The van der Waals surface area contributed by atoms with Gasteiger partial charge in [0, 0.05) is 28.3 Å². The van der Waals surface area contributed by atoms with Gasteiger partial charge in [-0.05, 0) is 61.2 Å². The first-order chi connectivity index (χ1) is 14.0. The number of rotatable bonds is 6. The predicted octanol–water partition coefficient (Wildman–Crippen LogP) is 4.02. The first kappa shape index (κ1) is 19.5. The molecule has 0 amide bonds. The summed E-state index contributed by atoms with van der Waals surface area (Å²) in [5.41, 5.74) is 11.4. The highest BCUT2D eigenvalue weighted by Crippen LogP contribution is 2.41. The van der Waals surface area contributed by atoms with E-state index in [2.05, 4.69) is 5.10 Å². The van der Waals surface area contributed by atoms with Crippen LogP contribution in [0.1, 0.15) is 28.0 Å². The average molecular weight is 412 g/mol. The molecule has 3 N–H and O–H groups in total. The van der Waals surface area contributed by atoms with Crippen molar-refractivity contribution in [1.29, 1.82) is 0 Å². The van der Waals surface area contributed by atoms with Gasteiger partial charge in [0.05, 0.1) is 12.8 Å². The summed E-state index contributed by atoms with van der Waals surface area (Å²) in [7, 11) is 1.65. The number of carboxylic acid groups (broad SMARTS) is 1. The van der Waals surface area contributed by atoms with Gasteiger partial charge in [-0.1, -0.05) is 23.7 Å². The second kappa shape index (κ2) is 7.89. The van der Waals surface area contributed by atoms with E-state index >= 15 is 0 Å². The average Bonchev–Trinajstić information content (AvgIpc) is 3.10. The van der Waals surface area contributed by atoms with E-state index in [1.165, 1.54) is 0 Å². The standard InChI is InChI=1S/C22H22ClN3O3/c1-29-19-11-14-5-8-16-20(25-26(10-2-9-24)21(16)22(27)28)18(14)12-17(19)13-3-6-15(23)7-4-13/h3-4,6-7,11-12H,2,5,8-10,24H2,1H3,(H,27,28). The molecule has 0 unspecified atom stereocenters. The fourth-order valence-electron chi connectivity index (χ4n) is 3.93. The van der Waals surface area contributed by atoms with E-state index in [0.717, 1.165) is 45.7 Å². The van der Waals surface area contributed by atoms with Crippen molar-refractivity contribution in [2.24, 2.45) is 5.73 Å². The van der Waals surface area contributed by atoms with Crippen LogP contribution >= 0.6 is 11.6 Å². The highest BCUT2D eigenvalue weighted by molar-refractivity contribution is 6.30. The first-order valence-electron chi connectivity index (χ1n) is 9.53. The number of methoxy groups -OCH3 is 1. The molecule has 0 aliphatic heterocycles. The van der Waals surface area contributed by atoms with Crippen molar-refractivity contribution in [2.45, 2.75) is 25.8 Å². The van der Waals surface area contributed by atoms with Crippen LogP contribution in [0.2, 0.25) is 5.02 Å². The maximum absolute atomic E-state index is 11.9. The van der Waals surface area contributed by atoms with Gasteiger partial charge in [-0.3, -0.25) is 4.68 Å². The van der Waals surface area contributed by atoms with Gasteiger partial charge in [0.1, 0.15) is 11.4 Å². The lowest BCUT2D eigenvalue weighted by atomic mass is 9.86. The Morgan fingerprint density at radius 3 is 2.66 bits per heavy atom. The van der Waals surface area contributed by atoms with Crippen molar-refractivity contribution in [3.63, 3.8) is 0 Å². The number of aromatic nitrogens is 2. The molecule has 0 saturated carbocycles. The second-order valence-corrected chi connectivity index (χ2v) is 7.50. The Labute approximate surface area is 173 Å². The number of benzene rings is 2. The lowest BCUT2D eigenvalue weighted by Gasteiger charge is -2.19. The molecule has 7 heteroatoms. The Morgan fingerprint density at radius 2 is 2.00 bits per heavy atom. The van der Waals surface area contributed by atoms with Crippen molar-refractivity contribution in [2.75, 3.05) is 13.7 Å². The summed E-state index contributed by atoms with van der Waals surface area (Å²) < 4.78 is 7.22. The maximum atomic E-state index is 11.9. The Kier molecular flexibility index (Phi) is 5.30. The minimum atomic E-state index is -0.953. The van der Waals surface area contributed by atoms with E-state index in [1.54, 1.807) is 11.8 Å². The quantitative estimate of drug-likeness (QED) is 0.639. The van der Waals surface area contributed by atoms with Crippen LogP contribution in [0.4, 0.5) is 0 Å². The second-order valence-electron chi connectivity index (χ2n) is 7.06. The van der Waals surface area contributed by atoms with Gasteiger partial charge in [0.15, 0.2) is 0 Å². The van der Waals surface area contributed by atoms with E-state index in [1.807, 2.05) is 36.4 Å². The molecule has 1 aliphatic carbocycles. The highest BCUT2D eigenvalue weighted by Gasteiger charge is 2.29. The van der Waals surface area contributed by atoms with Crippen LogP contribution in [-0.4, -0.2) is 34.5 Å². The largest absolute Gasteiger partial charge is 0.496 e. The third-order valence-electron chi connectivity index (χ3n) is 5.31. The van der Waals surface area contributed by atoms with Crippen LogP contribution in [0.25, 0.3) is 22.4 Å². The van der Waals surface area contributed by atoms with E-state index < -0.39 is 5.97 Å². The molecule has 1 heterocycles. The normalized spacial score (nSPS) is 12.4. The van der Waals surface area contributed by atoms with Crippen LogP contribution < -0.4 is 10.5 Å². The Hall–Kier alpha value is -2.83. The van der Waals surface area contributed by atoms with E-state index in [9.17, 15) is 9.90 Å². The molecule has 0 atom stereocenters. The molecule has 0 bridgehead atoms. The predicted molar refractivity (Wildman–Crippen MR) is 113 cm³/mol. The number of nitrogens with two attached hydrogens (primary N) is 1. The molecular weight excluding hydrogens is 390 g/mol. The fraction of sp³-hybridized carbons (Fsp3) is 0.273. The van der Waals surface area contributed by atoms with Gasteiger partial charge >= 0.3 is 5.97 Å². The van der Waals surface area contributed by atoms with Crippen LogP contribution in [0.15, 0.2) is 36.4 Å². The van der Waals surface area contributed by atoms with Gasteiger partial charge in [-0.25, -0.2) is 4.79 Å². The van der Waals surface area contributed by atoms with Crippen molar-refractivity contribution in [1.82, 2.24) is 9.78 Å². The molecule has 1 aromatic heterocycles. The van der Waals surface area contributed by atoms with Crippen molar-refractivity contribution in [3.05, 3.63) is 58.2 Å². The molecular formula is C22H22ClN3O3. The van der Waals surface area contributed by atoms with Gasteiger partial charge in [0.2, 0.25) is 0 Å². The summed E-state index contributed by atoms with van der Waals surface area (Å²) in [6.07, 6.45) is 2.05. The zero-order valence-electron chi connectivity index (χ0n) is 16.1. The Bertz CT molecular complexity index is 1070. The molecule has 0 fully saturated rings. The summed E-state index contributed by atoms with van der Waals surface area (Å²) in [5.74, 6) is -0.179. The number of carbonyl (C=O) groups is 1. The molecule has 4 rings (SSSR count). The number of hydrogen-bond donors (Lipinski definition) is 2. The number of ether oxygens (including phenoxy) is 1. The van der Waals surface area contributed by atoms with Gasteiger partial charge < -0.3 is 15.6 Å². The monoisotopic (exact) mass is 411 g/mol. The molecule has 29 heavy (non-hydrogen) atoms. The van der Waals surface area contributed by atoms with Crippen LogP contribution in [0, 0.1) is 0 Å². The number of carboxylic acids is 1. The summed E-state index contributed by atoms with van der Waals surface area (Å²) in [6.45, 7) is 0.971. The molecule has 0 spiro atoms. The summed E-state index contributed by atoms with van der Waals surface area (Å²) >= 11 is 6.04. The van der Waals surface area contributed by atoms with Gasteiger partial charge in [-0.2, -0.15) is 5.10 Å². The molecule has 3 aromatic rings. The van der Waals surface area contributed by atoms with Crippen LogP contribution in [0.5, 0.6) is 5.75 Å². The number of aromatic carboxylic acids is 1.